The van der Waals surface area contributed by atoms with Crippen molar-refractivity contribution < 1.29 is 19.1 Å². The second-order valence-electron chi connectivity index (χ2n) is 8.09. The number of hydrogen-bond donors (Lipinski definition) is 5. The summed E-state index contributed by atoms with van der Waals surface area (Å²) in [5.74, 6) is -1.31. The first-order valence-corrected chi connectivity index (χ1v) is 11.4. The largest absolute Gasteiger partial charge is 0.478 e. The Morgan fingerprint density at radius 2 is 1.97 bits per heavy atom. The Kier molecular flexibility index (Phi) is 6.20. The second-order valence-corrected chi connectivity index (χ2v) is 8.50. The number of pyridine rings is 1. The van der Waals surface area contributed by atoms with Crippen molar-refractivity contribution in [2.45, 2.75) is 13.0 Å². The molecule has 12 heteroatoms. The Morgan fingerprint density at radius 1 is 1.16 bits per heavy atom. The summed E-state index contributed by atoms with van der Waals surface area (Å²) in [7, 11) is 0. The number of anilines is 3. The van der Waals surface area contributed by atoms with Crippen LogP contribution in [0.3, 0.4) is 0 Å². The van der Waals surface area contributed by atoms with Crippen molar-refractivity contribution in [1.29, 1.82) is 0 Å². The van der Waals surface area contributed by atoms with Gasteiger partial charge in [-0.3, -0.25) is 10.1 Å². The molecule has 0 aliphatic carbocycles. The van der Waals surface area contributed by atoms with Crippen LogP contribution in [0.1, 0.15) is 28.9 Å². The third-order valence-corrected chi connectivity index (χ3v) is 5.95. The van der Waals surface area contributed by atoms with E-state index in [9.17, 15) is 14.7 Å². The summed E-state index contributed by atoms with van der Waals surface area (Å²) in [4.78, 5) is 37.8. The predicted octanol–water partition coefficient (Wildman–Crippen LogP) is 4.18. The molecule has 3 heterocycles. The number of rotatable bonds is 5. The number of fused-ring (bicyclic) bond motifs is 1. The van der Waals surface area contributed by atoms with E-state index < -0.39 is 17.9 Å². The van der Waals surface area contributed by atoms with Gasteiger partial charge in [0.15, 0.2) is 5.58 Å². The number of nitrogens with zero attached hydrogens (tertiary/aromatic N) is 3. The molecule has 1 aliphatic heterocycles. The van der Waals surface area contributed by atoms with Crippen molar-refractivity contribution in [3.8, 4) is 0 Å². The fourth-order valence-corrected chi connectivity index (χ4v) is 4.14. The zero-order valence-electron chi connectivity index (χ0n) is 19.3. The molecule has 0 saturated heterocycles. The van der Waals surface area contributed by atoms with Crippen molar-refractivity contribution in [3.05, 3.63) is 88.2 Å². The summed E-state index contributed by atoms with van der Waals surface area (Å²) in [6.45, 7) is 1.71. The number of carbonyl (C=O) groups excluding carboxylic acids is 1. The van der Waals surface area contributed by atoms with Crippen molar-refractivity contribution in [2.75, 3.05) is 16.4 Å². The molecule has 2 aromatic carbocycles. The Morgan fingerprint density at radius 3 is 2.73 bits per heavy atom. The molecular formula is C25H20ClN7O4. The molecule has 186 valence electrons. The third-order valence-electron chi connectivity index (χ3n) is 5.61. The topological polar surface area (TPSA) is 168 Å². The number of halogens is 1. The van der Waals surface area contributed by atoms with Crippen LogP contribution in [0, 0.1) is 0 Å². The highest BCUT2D eigenvalue weighted by Crippen LogP contribution is 2.35. The van der Waals surface area contributed by atoms with E-state index in [1.54, 1.807) is 49.4 Å². The number of nitrogen functional groups attached to an aromatic ring is 1. The number of guanidine groups is 1. The molecule has 1 atom stereocenters. The van der Waals surface area contributed by atoms with Gasteiger partial charge in [0.25, 0.3) is 5.91 Å². The normalized spacial score (nSPS) is 15.2. The lowest BCUT2D eigenvalue weighted by Gasteiger charge is -2.26. The van der Waals surface area contributed by atoms with Crippen molar-refractivity contribution >= 4 is 58.1 Å². The van der Waals surface area contributed by atoms with E-state index in [1.807, 2.05) is 0 Å². The van der Waals surface area contributed by atoms with Gasteiger partial charge in [-0.1, -0.05) is 35.9 Å². The minimum Gasteiger partial charge on any atom is -0.478 e. The summed E-state index contributed by atoms with van der Waals surface area (Å²) >= 11 is 6.48. The monoisotopic (exact) mass is 517 g/mol. The number of carboxylic acid groups (broad SMARTS) is 1. The summed E-state index contributed by atoms with van der Waals surface area (Å²) in [5, 5.41) is 18.4. The van der Waals surface area contributed by atoms with Gasteiger partial charge in [-0.2, -0.15) is 4.98 Å². The molecule has 0 bridgehead atoms. The molecule has 6 N–H and O–H groups in total. The summed E-state index contributed by atoms with van der Waals surface area (Å²) < 4.78 is 5.74. The summed E-state index contributed by atoms with van der Waals surface area (Å²) in [5.41, 5.74) is 8.75. The standard InChI is InChI=1S/C25H20ClN7O4/c1-12-19(22(34)31-18-11-13(23(35)36)9-10-28-18)20(14-5-2-3-6-15(14)26)32-24(29-12)33-25-30-17-8-4-7-16(27)21(17)37-25/h2-11,20H,27H2,1H3,(H,35,36)(H,28,31,34)(H2,29,30,32,33). The number of oxazole rings is 1. The number of hydrogen-bond acceptors (Lipinski definition) is 9. The average molecular weight is 518 g/mol. The molecule has 4 aromatic rings. The summed E-state index contributed by atoms with van der Waals surface area (Å²) in [6.07, 6.45) is 1.30. The van der Waals surface area contributed by atoms with Crippen LogP contribution in [0.4, 0.5) is 17.5 Å². The van der Waals surface area contributed by atoms with Crippen molar-refractivity contribution in [1.82, 2.24) is 15.3 Å². The molecule has 0 fully saturated rings. The predicted molar refractivity (Wildman–Crippen MR) is 139 cm³/mol. The number of amides is 1. The number of benzene rings is 2. The minimum atomic E-state index is -1.14. The first-order chi connectivity index (χ1) is 17.8. The zero-order chi connectivity index (χ0) is 26.1. The number of nitrogens with two attached hydrogens (primary N) is 1. The minimum absolute atomic E-state index is 0.0103. The zero-order valence-corrected chi connectivity index (χ0v) is 20.1. The lowest BCUT2D eigenvalue weighted by molar-refractivity contribution is -0.113. The van der Waals surface area contributed by atoms with Gasteiger partial charge in [-0.25, -0.2) is 14.8 Å². The number of nitrogens with one attached hydrogen (secondary N) is 3. The van der Waals surface area contributed by atoms with Crippen LogP contribution in [0.25, 0.3) is 11.1 Å². The molecule has 0 saturated carbocycles. The van der Waals surface area contributed by atoms with Crippen LogP contribution in [-0.2, 0) is 4.79 Å². The number of carboxylic acids is 1. The molecule has 11 nitrogen and oxygen atoms in total. The Bertz CT molecular complexity index is 1610. The highest BCUT2D eigenvalue weighted by atomic mass is 35.5. The molecule has 37 heavy (non-hydrogen) atoms. The molecule has 1 unspecified atom stereocenters. The number of aliphatic imine (C=N–C) groups is 1. The van der Waals surface area contributed by atoms with E-state index in [0.29, 0.717) is 33.1 Å². The SMILES string of the molecule is CC1=C(C(=O)Nc2cc(C(=O)O)ccn2)C(c2ccccc2Cl)N=C(Nc2nc3cccc(N)c3o2)N1. The average Bonchev–Trinajstić information content (AvgIpc) is 3.28. The molecule has 0 spiro atoms. The van der Waals surface area contributed by atoms with Gasteiger partial charge in [-0.05, 0) is 37.3 Å². The number of para-hydroxylation sites is 1. The quantitative estimate of drug-likeness (QED) is 0.244. The Labute approximate surface area is 215 Å². The van der Waals surface area contributed by atoms with Crippen LogP contribution in [0.5, 0.6) is 0 Å². The van der Waals surface area contributed by atoms with Gasteiger partial charge in [0.1, 0.15) is 17.4 Å². The van der Waals surface area contributed by atoms with Gasteiger partial charge in [-0.15, -0.1) is 0 Å². The van der Waals surface area contributed by atoms with Crippen LogP contribution in [0.2, 0.25) is 5.02 Å². The number of aromatic nitrogens is 2. The van der Waals surface area contributed by atoms with Crippen LogP contribution in [0.15, 0.2) is 81.5 Å². The number of aromatic carboxylic acids is 1. The highest BCUT2D eigenvalue weighted by molar-refractivity contribution is 6.31. The third kappa shape index (κ3) is 4.80. The van der Waals surface area contributed by atoms with Crippen molar-refractivity contribution in [3.63, 3.8) is 0 Å². The number of allylic oxidation sites excluding steroid dienone is 1. The van der Waals surface area contributed by atoms with Crippen LogP contribution >= 0.6 is 11.6 Å². The summed E-state index contributed by atoms with van der Waals surface area (Å²) in [6, 6.07) is 14.2. The fourth-order valence-electron chi connectivity index (χ4n) is 3.90. The van der Waals surface area contributed by atoms with E-state index in [-0.39, 0.29) is 28.9 Å². The van der Waals surface area contributed by atoms with Crippen molar-refractivity contribution in [2.24, 2.45) is 4.99 Å². The Hall–Kier alpha value is -4.90. The van der Waals surface area contributed by atoms with Gasteiger partial charge >= 0.3 is 12.0 Å². The second kappa shape index (κ2) is 9.63. The number of carbonyl (C=O) groups is 2. The highest BCUT2D eigenvalue weighted by Gasteiger charge is 2.31. The van der Waals surface area contributed by atoms with Crippen LogP contribution in [-0.4, -0.2) is 32.9 Å². The molecule has 0 radical (unpaired) electrons. The smallest absolute Gasteiger partial charge is 0.335 e. The maximum Gasteiger partial charge on any atom is 0.335 e. The molecule has 2 aromatic heterocycles. The fraction of sp³-hybridized carbons (Fsp3) is 0.0800. The Balaban J connectivity index is 1.49. The van der Waals surface area contributed by atoms with Gasteiger partial charge < -0.3 is 25.9 Å². The van der Waals surface area contributed by atoms with E-state index >= 15 is 0 Å². The first-order valence-electron chi connectivity index (χ1n) is 11.0. The van der Waals surface area contributed by atoms with Gasteiger partial charge in [0.2, 0.25) is 5.96 Å². The molecule has 5 rings (SSSR count). The van der Waals surface area contributed by atoms with Gasteiger partial charge in [0, 0.05) is 22.5 Å². The molecular weight excluding hydrogens is 498 g/mol. The van der Waals surface area contributed by atoms with E-state index in [4.69, 9.17) is 21.8 Å². The first kappa shape index (κ1) is 23.8. The van der Waals surface area contributed by atoms with Crippen LogP contribution < -0.4 is 21.7 Å². The molecule has 1 aliphatic rings. The van der Waals surface area contributed by atoms with E-state index in [0.717, 1.165) is 0 Å². The van der Waals surface area contributed by atoms with E-state index in [1.165, 1.54) is 18.3 Å². The maximum atomic E-state index is 13.4. The molecule has 1 amide bonds. The van der Waals surface area contributed by atoms with E-state index in [2.05, 4.69) is 30.9 Å². The lowest BCUT2D eigenvalue weighted by atomic mass is 9.95. The van der Waals surface area contributed by atoms with Gasteiger partial charge in [0.05, 0.1) is 16.8 Å². The maximum absolute atomic E-state index is 13.4. The lowest BCUT2D eigenvalue weighted by Crippen LogP contribution is -2.37.